The van der Waals surface area contributed by atoms with Gasteiger partial charge in [0.1, 0.15) is 17.2 Å². The van der Waals surface area contributed by atoms with E-state index in [4.69, 9.17) is 14.2 Å². The van der Waals surface area contributed by atoms with Crippen LogP contribution in [0, 0.1) is 10.1 Å². The molecule has 3 aromatic carbocycles. The Kier molecular flexibility index (Phi) is 9.10. The summed E-state index contributed by atoms with van der Waals surface area (Å²) in [6, 6.07) is 18.6. The molecule has 0 atom stereocenters. The van der Waals surface area contributed by atoms with Crippen molar-refractivity contribution in [2.24, 2.45) is 0 Å². The summed E-state index contributed by atoms with van der Waals surface area (Å²) >= 11 is 0. The van der Waals surface area contributed by atoms with Gasteiger partial charge in [-0.05, 0) is 67.6 Å². The number of nitrogens with zero attached hydrogens (tertiary/aromatic N) is 1. The molecule has 0 aliphatic carbocycles. The van der Waals surface area contributed by atoms with E-state index in [1.54, 1.807) is 36.4 Å². The molecule has 1 N–H and O–H groups in total. The lowest BCUT2D eigenvalue weighted by atomic mass is 10.1. The van der Waals surface area contributed by atoms with Crippen molar-refractivity contribution in [1.82, 2.24) is 0 Å². The number of non-ortho nitro benzene ring substituents is 1. The maximum absolute atomic E-state index is 12.3. The van der Waals surface area contributed by atoms with Gasteiger partial charge in [0.2, 0.25) is 5.91 Å². The summed E-state index contributed by atoms with van der Waals surface area (Å²) in [5.41, 5.74) is 0.839. The van der Waals surface area contributed by atoms with Crippen molar-refractivity contribution < 1.29 is 33.5 Å². The average Bonchev–Trinajstić information content (AvgIpc) is 2.88. The average molecular weight is 492 g/mol. The van der Waals surface area contributed by atoms with E-state index >= 15 is 0 Å². The van der Waals surface area contributed by atoms with E-state index in [0.717, 1.165) is 0 Å². The molecule has 36 heavy (non-hydrogen) atoms. The van der Waals surface area contributed by atoms with Crippen molar-refractivity contribution in [2.75, 3.05) is 18.5 Å². The molecule has 0 fully saturated rings. The summed E-state index contributed by atoms with van der Waals surface area (Å²) in [6.07, 6.45) is -0.257. The molecule has 0 heterocycles. The summed E-state index contributed by atoms with van der Waals surface area (Å²) in [5, 5.41) is 13.4. The van der Waals surface area contributed by atoms with E-state index in [0.29, 0.717) is 35.1 Å². The quantitative estimate of drug-likeness (QED) is 0.163. The molecule has 0 saturated carbocycles. The Morgan fingerprint density at radius 3 is 2.00 bits per heavy atom. The van der Waals surface area contributed by atoms with Crippen LogP contribution >= 0.6 is 0 Å². The van der Waals surface area contributed by atoms with Gasteiger partial charge in [-0.25, -0.2) is 0 Å². The van der Waals surface area contributed by atoms with Gasteiger partial charge in [0.15, 0.2) is 12.4 Å². The van der Waals surface area contributed by atoms with E-state index in [-0.39, 0.29) is 24.4 Å². The third-order valence-electron chi connectivity index (χ3n) is 4.83. The Hall–Kier alpha value is -4.73. The predicted octanol–water partition coefficient (Wildman–Crippen LogP) is 4.93. The molecule has 10 nitrogen and oxygen atoms in total. The lowest BCUT2D eigenvalue weighted by molar-refractivity contribution is -0.384. The van der Waals surface area contributed by atoms with Gasteiger partial charge in [0, 0.05) is 29.8 Å². The van der Waals surface area contributed by atoms with E-state index in [9.17, 15) is 24.5 Å². The number of carbonyl (C=O) groups excluding carboxylic acids is 3. The van der Waals surface area contributed by atoms with Crippen LogP contribution in [0.15, 0.2) is 72.8 Å². The van der Waals surface area contributed by atoms with E-state index < -0.39 is 23.3 Å². The molecular weight excluding hydrogens is 468 g/mol. The molecular formula is C26H24N2O8. The SMILES string of the molecule is CCOc1ccc(NC(=O)CCC(=O)OCC(=O)c2ccc(Oc3ccc([N+](=O)[O-])cc3)cc2)cc1. The largest absolute Gasteiger partial charge is 0.494 e. The maximum atomic E-state index is 12.3. The Labute approximate surface area is 206 Å². The number of ketones is 1. The van der Waals surface area contributed by atoms with Crippen LogP contribution in [0.5, 0.6) is 17.2 Å². The van der Waals surface area contributed by atoms with Crippen molar-refractivity contribution in [3.05, 3.63) is 88.5 Å². The van der Waals surface area contributed by atoms with Crippen LogP contribution in [0.25, 0.3) is 0 Å². The fraction of sp³-hybridized carbons (Fsp3) is 0.192. The number of hydrogen-bond donors (Lipinski definition) is 1. The Balaban J connectivity index is 1.39. The number of benzene rings is 3. The number of rotatable bonds is 12. The van der Waals surface area contributed by atoms with Gasteiger partial charge < -0.3 is 19.5 Å². The molecule has 0 saturated heterocycles. The minimum absolute atomic E-state index is 0.0499. The van der Waals surface area contributed by atoms with Gasteiger partial charge in [0.05, 0.1) is 18.0 Å². The number of esters is 1. The summed E-state index contributed by atoms with van der Waals surface area (Å²) in [4.78, 5) is 46.5. The topological polar surface area (TPSA) is 134 Å². The fourth-order valence-electron chi connectivity index (χ4n) is 3.02. The van der Waals surface area contributed by atoms with Gasteiger partial charge in [-0.1, -0.05) is 0 Å². The molecule has 1 amide bonds. The zero-order valence-corrected chi connectivity index (χ0v) is 19.5. The number of anilines is 1. The molecule has 3 rings (SSSR count). The third-order valence-corrected chi connectivity index (χ3v) is 4.83. The van der Waals surface area contributed by atoms with Crippen LogP contribution in [-0.2, 0) is 14.3 Å². The number of ether oxygens (including phenoxy) is 3. The van der Waals surface area contributed by atoms with Crippen LogP contribution in [0.4, 0.5) is 11.4 Å². The number of nitrogens with one attached hydrogen (secondary N) is 1. The Morgan fingerprint density at radius 1 is 0.833 bits per heavy atom. The first kappa shape index (κ1) is 25.9. The van der Waals surface area contributed by atoms with Crippen molar-refractivity contribution in [3.8, 4) is 17.2 Å². The first-order valence-corrected chi connectivity index (χ1v) is 11.1. The number of Topliss-reactive ketones (excluding diaryl/α,β-unsaturated/α-hetero) is 1. The molecule has 0 bridgehead atoms. The summed E-state index contributed by atoms with van der Waals surface area (Å²) in [5.74, 6) is 0.0879. The van der Waals surface area contributed by atoms with Crippen molar-refractivity contribution in [1.29, 1.82) is 0 Å². The lowest BCUT2D eigenvalue weighted by Crippen LogP contribution is -2.17. The number of nitro groups is 1. The standard InChI is InChI=1S/C26H24N2O8/c1-2-34-21-11-5-19(6-12-21)27-25(30)15-16-26(31)35-17-24(29)18-3-9-22(10-4-18)36-23-13-7-20(8-14-23)28(32)33/h3-14H,2,15-17H2,1H3,(H,27,30). The second-order valence-electron chi connectivity index (χ2n) is 7.47. The van der Waals surface area contributed by atoms with Gasteiger partial charge in [-0.2, -0.15) is 0 Å². The smallest absolute Gasteiger partial charge is 0.306 e. The molecule has 0 spiro atoms. The maximum Gasteiger partial charge on any atom is 0.306 e. The first-order chi connectivity index (χ1) is 17.3. The molecule has 0 radical (unpaired) electrons. The Bertz CT molecular complexity index is 1210. The van der Waals surface area contributed by atoms with Crippen LogP contribution in [0.2, 0.25) is 0 Å². The molecule has 0 unspecified atom stereocenters. The van der Waals surface area contributed by atoms with E-state index in [1.807, 2.05) is 6.92 Å². The number of hydrogen-bond acceptors (Lipinski definition) is 8. The van der Waals surface area contributed by atoms with Crippen LogP contribution in [-0.4, -0.2) is 35.8 Å². The molecule has 3 aromatic rings. The third kappa shape index (κ3) is 7.94. The second kappa shape index (κ2) is 12.7. The predicted molar refractivity (Wildman–Crippen MR) is 130 cm³/mol. The molecule has 186 valence electrons. The van der Waals surface area contributed by atoms with Crippen molar-refractivity contribution in [2.45, 2.75) is 19.8 Å². The zero-order chi connectivity index (χ0) is 25.9. The molecule has 0 aromatic heterocycles. The zero-order valence-electron chi connectivity index (χ0n) is 19.5. The number of nitro benzene ring substituents is 1. The first-order valence-electron chi connectivity index (χ1n) is 11.1. The monoisotopic (exact) mass is 492 g/mol. The Morgan fingerprint density at radius 2 is 1.42 bits per heavy atom. The summed E-state index contributed by atoms with van der Waals surface area (Å²) in [7, 11) is 0. The highest BCUT2D eigenvalue weighted by Crippen LogP contribution is 2.24. The summed E-state index contributed by atoms with van der Waals surface area (Å²) < 4.78 is 15.9. The van der Waals surface area contributed by atoms with Gasteiger partial charge in [0.25, 0.3) is 5.69 Å². The van der Waals surface area contributed by atoms with Crippen molar-refractivity contribution in [3.63, 3.8) is 0 Å². The molecule has 0 aliphatic heterocycles. The highest BCUT2D eigenvalue weighted by atomic mass is 16.6. The van der Waals surface area contributed by atoms with Gasteiger partial charge >= 0.3 is 5.97 Å². The second-order valence-corrected chi connectivity index (χ2v) is 7.47. The van der Waals surface area contributed by atoms with E-state index in [2.05, 4.69) is 5.32 Å². The number of amides is 1. The highest BCUT2D eigenvalue weighted by molar-refractivity contribution is 5.98. The fourth-order valence-corrected chi connectivity index (χ4v) is 3.02. The van der Waals surface area contributed by atoms with Gasteiger partial charge in [-0.3, -0.25) is 24.5 Å². The van der Waals surface area contributed by atoms with Crippen LogP contribution < -0.4 is 14.8 Å². The molecule has 10 heteroatoms. The normalized spacial score (nSPS) is 10.2. The number of carbonyl (C=O) groups is 3. The van der Waals surface area contributed by atoms with Gasteiger partial charge in [-0.15, -0.1) is 0 Å². The minimum Gasteiger partial charge on any atom is -0.494 e. The minimum atomic E-state index is -0.664. The van der Waals surface area contributed by atoms with E-state index in [1.165, 1.54) is 36.4 Å². The van der Waals surface area contributed by atoms with Crippen LogP contribution in [0.1, 0.15) is 30.1 Å². The molecule has 0 aliphatic rings. The lowest BCUT2D eigenvalue weighted by Gasteiger charge is -2.08. The van der Waals surface area contributed by atoms with Crippen LogP contribution in [0.3, 0.4) is 0 Å². The van der Waals surface area contributed by atoms with Crippen molar-refractivity contribution >= 4 is 29.0 Å². The highest BCUT2D eigenvalue weighted by Gasteiger charge is 2.13. The summed E-state index contributed by atoms with van der Waals surface area (Å²) in [6.45, 7) is 1.96.